The van der Waals surface area contributed by atoms with Crippen molar-refractivity contribution in [2.24, 2.45) is 0 Å². The molecule has 0 fully saturated rings. The summed E-state index contributed by atoms with van der Waals surface area (Å²) in [6, 6.07) is 17.9. The molecule has 4 rings (SSSR count). The molecule has 3 aromatic rings. The minimum Gasteiger partial charge on any atom is -0.494 e. The van der Waals surface area contributed by atoms with Crippen LogP contribution in [0.25, 0.3) is 11.1 Å². The largest absolute Gasteiger partial charge is 0.494 e. The van der Waals surface area contributed by atoms with Crippen LogP contribution in [0.1, 0.15) is 47.2 Å². The van der Waals surface area contributed by atoms with Crippen LogP contribution in [-0.2, 0) is 23.8 Å². The SMILES string of the molecule is C=C(F)C(=O)OCCOc1ccc(C(=O)Oc2ccc3c(c2)C(C)c2cc(OCCCCOC(=O)C(=C)COC)ccc2-3)cc1. The standard InChI is InChI=1S/C35H35FO9/c1-22(21-40-4)33(37)43-16-6-5-15-41-27-11-13-29-30-14-12-28(20-32(30)23(2)31(29)19-27)45-35(39)25-7-9-26(10-8-25)42-17-18-44-34(38)24(3)36/h7-14,19-20,23H,1,3,5-6,15-18,21H2,2,4H3. The molecule has 45 heavy (non-hydrogen) atoms. The number of esters is 3. The van der Waals surface area contributed by atoms with Gasteiger partial charge in [0.25, 0.3) is 0 Å². The second kappa shape index (κ2) is 15.7. The predicted molar refractivity (Wildman–Crippen MR) is 164 cm³/mol. The minimum absolute atomic E-state index is 0.0117. The molecule has 1 unspecified atom stereocenters. The minimum atomic E-state index is -1.17. The number of unbranched alkanes of at least 4 members (excludes halogenated alkanes) is 1. The average Bonchev–Trinajstić information content (AvgIpc) is 3.31. The van der Waals surface area contributed by atoms with Gasteiger partial charge in [-0.15, -0.1) is 0 Å². The number of fused-ring (bicyclic) bond motifs is 3. The molecule has 9 nitrogen and oxygen atoms in total. The van der Waals surface area contributed by atoms with Gasteiger partial charge in [-0.2, -0.15) is 4.39 Å². The summed E-state index contributed by atoms with van der Waals surface area (Å²) in [7, 11) is 1.49. The Kier molecular flexibility index (Phi) is 11.5. The van der Waals surface area contributed by atoms with Crippen LogP contribution in [-0.4, -0.2) is 58.1 Å². The summed E-state index contributed by atoms with van der Waals surface area (Å²) < 4.78 is 44.4. The van der Waals surface area contributed by atoms with Gasteiger partial charge in [0.2, 0.25) is 5.83 Å². The van der Waals surface area contributed by atoms with Gasteiger partial charge in [-0.25, -0.2) is 14.4 Å². The maximum Gasteiger partial charge on any atom is 0.366 e. The van der Waals surface area contributed by atoms with Gasteiger partial charge in [-0.1, -0.05) is 32.2 Å². The molecule has 3 aromatic carbocycles. The quantitative estimate of drug-likeness (QED) is 0.0786. The molecule has 1 atom stereocenters. The first-order valence-electron chi connectivity index (χ1n) is 14.4. The number of hydrogen-bond acceptors (Lipinski definition) is 9. The van der Waals surface area contributed by atoms with Crippen LogP contribution >= 0.6 is 0 Å². The summed E-state index contributed by atoms with van der Waals surface area (Å²) in [5.74, 6) is -1.59. The molecular weight excluding hydrogens is 583 g/mol. The first kappa shape index (κ1) is 32.9. The third-order valence-corrected chi connectivity index (χ3v) is 7.02. The number of carbonyl (C=O) groups is 3. The molecule has 0 spiro atoms. The van der Waals surface area contributed by atoms with Crippen LogP contribution in [0.5, 0.6) is 17.2 Å². The normalized spacial score (nSPS) is 12.8. The molecule has 10 heteroatoms. The highest BCUT2D eigenvalue weighted by Crippen LogP contribution is 2.47. The molecule has 0 radical (unpaired) electrons. The molecule has 1 aliphatic carbocycles. The van der Waals surface area contributed by atoms with Crippen LogP contribution in [0.4, 0.5) is 4.39 Å². The zero-order valence-electron chi connectivity index (χ0n) is 25.3. The van der Waals surface area contributed by atoms with Gasteiger partial charge < -0.3 is 28.4 Å². The zero-order valence-corrected chi connectivity index (χ0v) is 25.3. The maximum atomic E-state index is 12.8. The van der Waals surface area contributed by atoms with Crippen LogP contribution in [0.15, 0.2) is 85.2 Å². The molecule has 0 saturated heterocycles. The van der Waals surface area contributed by atoms with Crippen molar-refractivity contribution in [3.05, 3.63) is 102 Å². The van der Waals surface area contributed by atoms with Crippen molar-refractivity contribution in [2.75, 3.05) is 40.1 Å². The van der Waals surface area contributed by atoms with Gasteiger partial charge in [0.1, 0.15) is 30.5 Å². The average molecular weight is 619 g/mol. The van der Waals surface area contributed by atoms with E-state index in [1.165, 1.54) is 7.11 Å². The zero-order chi connectivity index (χ0) is 32.3. The Labute approximate surface area is 261 Å². The second-order valence-electron chi connectivity index (χ2n) is 10.3. The fourth-order valence-corrected chi connectivity index (χ4v) is 4.73. The number of ether oxygens (including phenoxy) is 6. The number of benzene rings is 3. The summed E-state index contributed by atoms with van der Waals surface area (Å²) in [5, 5.41) is 0. The van der Waals surface area contributed by atoms with E-state index >= 15 is 0 Å². The van der Waals surface area contributed by atoms with Crippen molar-refractivity contribution in [1.29, 1.82) is 0 Å². The Morgan fingerprint density at radius 1 is 0.733 bits per heavy atom. The van der Waals surface area contributed by atoms with Crippen molar-refractivity contribution >= 4 is 17.9 Å². The third kappa shape index (κ3) is 8.79. The van der Waals surface area contributed by atoms with Crippen LogP contribution in [0, 0.1) is 0 Å². The summed E-state index contributed by atoms with van der Waals surface area (Å²) in [4.78, 5) is 35.6. The fraction of sp³-hybridized carbons (Fsp3) is 0.286. The molecule has 236 valence electrons. The Hall–Kier alpha value is -4.96. The third-order valence-electron chi connectivity index (χ3n) is 7.02. The van der Waals surface area contributed by atoms with Crippen LogP contribution in [0.2, 0.25) is 0 Å². The van der Waals surface area contributed by atoms with Crippen molar-refractivity contribution in [2.45, 2.75) is 25.7 Å². The lowest BCUT2D eigenvalue weighted by Gasteiger charge is -2.11. The maximum absolute atomic E-state index is 12.8. The lowest BCUT2D eigenvalue weighted by Crippen LogP contribution is -2.12. The summed E-state index contributed by atoms with van der Waals surface area (Å²) in [6.45, 7) is 9.37. The van der Waals surface area contributed by atoms with Crippen molar-refractivity contribution in [1.82, 2.24) is 0 Å². The number of rotatable bonds is 16. The van der Waals surface area contributed by atoms with E-state index in [0.29, 0.717) is 30.1 Å². The van der Waals surface area contributed by atoms with Gasteiger partial charge in [0.15, 0.2) is 0 Å². The Balaban J connectivity index is 1.26. The van der Waals surface area contributed by atoms with Gasteiger partial charge >= 0.3 is 17.9 Å². The van der Waals surface area contributed by atoms with Crippen molar-refractivity contribution in [3.8, 4) is 28.4 Å². The van der Waals surface area contributed by atoms with E-state index < -0.39 is 23.7 Å². The molecule has 0 aromatic heterocycles. The lowest BCUT2D eigenvalue weighted by molar-refractivity contribution is -0.141. The monoisotopic (exact) mass is 618 g/mol. The molecule has 0 amide bonds. The fourth-order valence-electron chi connectivity index (χ4n) is 4.73. The molecule has 0 aliphatic heterocycles. The van der Waals surface area contributed by atoms with Gasteiger partial charge in [-0.05, 0) is 83.6 Å². The van der Waals surface area contributed by atoms with E-state index in [1.807, 2.05) is 30.3 Å². The van der Waals surface area contributed by atoms with E-state index in [-0.39, 0.29) is 37.9 Å². The highest BCUT2D eigenvalue weighted by molar-refractivity contribution is 5.91. The van der Waals surface area contributed by atoms with E-state index in [4.69, 9.17) is 23.7 Å². The van der Waals surface area contributed by atoms with E-state index in [9.17, 15) is 18.8 Å². The second-order valence-corrected chi connectivity index (χ2v) is 10.3. The number of hydrogen-bond donors (Lipinski definition) is 0. The number of methoxy groups -OCH3 is 1. The first-order chi connectivity index (χ1) is 21.7. The highest BCUT2D eigenvalue weighted by atomic mass is 19.1. The first-order valence-corrected chi connectivity index (χ1v) is 14.4. The Morgan fingerprint density at radius 3 is 1.98 bits per heavy atom. The highest BCUT2D eigenvalue weighted by Gasteiger charge is 2.27. The lowest BCUT2D eigenvalue weighted by atomic mass is 9.99. The molecule has 0 heterocycles. The Bertz CT molecular complexity index is 1560. The van der Waals surface area contributed by atoms with Crippen LogP contribution in [0.3, 0.4) is 0 Å². The van der Waals surface area contributed by atoms with Crippen molar-refractivity contribution < 1.29 is 47.2 Å². The molecule has 0 saturated carbocycles. The number of halogens is 1. The molecule has 1 aliphatic rings. The smallest absolute Gasteiger partial charge is 0.366 e. The van der Waals surface area contributed by atoms with Gasteiger partial charge in [-0.3, -0.25) is 0 Å². The topological polar surface area (TPSA) is 107 Å². The predicted octanol–water partition coefficient (Wildman–Crippen LogP) is 6.35. The van der Waals surface area contributed by atoms with Crippen molar-refractivity contribution in [3.63, 3.8) is 0 Å². The summed E-state index contributed by atoms with van der Waals surface area (Å²) in [6.07, 6.45) is 1.38. The summed E-state index contributed by atoms with van der Waals surface area (Å²) >= 11 is 0. The Morgan fingerprint density at radius 2 is 1.31 bits per heavy atom. The van der Waals surface area contributed by atoms with Gasteiger partial charge in [0.05, 0.1) is 31.0 Å². The molecular formula is C35H35FO9. The molecule has 0 N–H and O–H groups in total. The van der Waals surface area contributed by atoms with Crippen LogP contribution < -0.4 is 14.2 Å². The van der Waals surface area contributed by atoms with E-state index in [2.05, 4.69) is 24.8 Å². The molecule has 0 bridgehead atoms. The van der Waals surface area contributed by atoms with E-state index in [1.54, 1.807) is 30.3 Å². The van der Waals surface area contributed by atoms with Gasteiger partial charge in [0, 0.05) is 13.0 Å². The summed E-state index contributed by atoms with van der Waals surface area (Å²) in [5.41, 5.74) is 4.96. The number of carbonyl (C=O) groups excluding carboxylic acids is 3. The van der Waals surface area contributed by atoms with E-state index in [0.717, 1.165) is 34.4 Å².